The Kier molecular flexibility index (Phi) is 7.54. The van der Waals surface area contributed by atoms with Gasteiger partial charge in [0.2, 0.25) is 0 Å². The van der Waals surface area contributed by atoms with E-state index in [2.05, 4.69) is 0 Å². The number of cyclic esters (lactones) is 1. The number of pyridine rings is 2. The van der Waals surface area contributed by atoms with Gasteiger partial charge in [-0.1, -0.05) is 12.8 Å². The number of ether oxygens (including phenoxy) is 3. The number of hydrazine groups is 1. The fourth-order valence-corrected chi connectivity index (χ4v) is 6.20. The van der Waals surface area contributed by atoms with Gasteiger partial charge in [-0.05, 0) is 49.1 Å². The predicted octanol–water partition coefficient (Wildman–Crippen LogP) is 1.80. The van der Waals surface area contributed by atoms with Gasteiger partial charge in [0, 0.05) is 16.5 Å². The molecule has 226 valence electrons. The summed E-state index contributed by atoms with van der Waals surface area (Å²) in [5.41, 5.74) is 11.0. The number of rotatable bonds is 7. The number of carbonyl (C=O) groups is 2. The molecule has 0 spiro atoms. The standard InChI is InChI=1S/C30H33N5O8/c1-41-15-7-8-21-16(9-15)18(12-35(32)22-5-3-2-4-6-24(26(22)31)42-14-25(36)37)19-11-34-23(27(19)33-21)10-17-20(29(34)39)13-43-30(40)28(17)38/h7-10,24,28,38H,2-6,11-14,31-32H2,1H3,(H,36,37)/b26-22-. The number of aliphatic hydroxyl groups is 1. The molecule has 1 aliphatic carbocycles. The van der Waals surface area contributed by atoms with Crippen molar-refractivity contribution in [1.29, 1.82) is 0 Å². The van der Waals surface area contributed by atoms with Gasteiger partial charge < -0.3 is 39.7 Å². The fraction of sp³-hybridized carbons (Fsp3) is 0.400. The van der Waals surface area contributed by atoms with Gasteiger partial charge in [-0.25, -0.2) is 20.4 Å². The lowest BCUT2D eigenvalue weighted by atomic mass is 9.97. The molecule has 3 aromatic rings. The highest BCUT2D eigenvalue weighted by atomic mass is 16.5. The Morgan fingerprint density at radius 3 is 2.79 bits per heavy atom. The Balaban J connectivity index is 1.47. The van der Waals surface area contributed by atoms with Crippen LogP contribution in [0.25, 0.3) is 22.3 Å². The second-order valence-corrected chi connectivity index (χ2v) is 11.0. The van der Waals surface area contributed by atoms with Gasteiger partial charge >= 0.3 is 11.9 Å². The van der Waals surface area contributed by atoms with Crippen molar-refractivity contribution in [3.63, 3.8) is 0 Å². The molecule has 0 saturated heterocycles. The molecule has 0 fully saturated rings. The summed E-state index contributed by atoms with van der Waals surface area (Å²) in [5, 5.41) is 22.0. The number of fused-ring (bicyclic) bond motifs is 5. The van der Waals surface area contributed by atoms with E-state index in [1.807, 2.05) is 12.1 Å². The molecule has 2 aromatic heterocycles. The number of aliphatic carboxylic acids is 1. The highest BCUT2D eigenvalue weighted by Crippen LogP contribution is 2.39. The van der Waals surface area contributed by atoms with Crippen molar-refractivity contribution < 1.29 is 34.0 Å². The van der Waals surface area contributed by atoms with Crippen molar-refractivity contribution in [1.82, 2.24) is 14.6 Å². The third-order valence-corrected chi connectivity index (χ3v) is 8.42. The average molecular weight is 592 g/mol. The molecule has 0 amide bonds. The van der Waals surface area contributed by atoms with Crippen LogP contribution in [0.15, 0.2) is 40.5 Å². The third-order valence-electron chi connectivity index (χ3n) is 8.42. The summed E-state index contributed by atoms with van der Waals surface area (Å²) in [5.74, 6) is 5.49. The number of aliphatic hydroxyl groups excluding tert-OH is 1. The van der Waals surface area contributed by atoms with Crippen LogP contribution in [-0.4, -0.2) is 56.5 Å². The second kappa shape index (κ2) is 11.3. The van der Waals surface area contributed by atoms with E-state index in [0.717, 1.165) is 35.8 Å². The summed E-state index contributed by atoms with van der Waals surface area (Å²) in [4.78, 5) is 41.7. The number of benzene rings is 1. The summed E-state index contributed by atoms with van der Waals surface area (Å²) >= 11 is 0. The molecule has 1 aromatic carbocycles. The molecule has 2 unspecified atom stereocenters. The normalized spacial score (nSPS) is 21.3. The van der Waals surface area contributed by atoms with E-state index in [1.165, 1.54) is 0 Å². The first-order valence-corrected chi connectivity index (χ1v) is 14.1. The minimum Gasteiger partial charge on any atom is -0.497 e. The highest BCUT2D eigenvalue weighted by molar-refractivity contribution is 5.89. The van der Waals surface area contributed by atoms with Crippen LogP contribution in [0.3, 0.4) is 0 Å². The summed E-state index contributed by atoms with van der Waals surface area (Å²) in [7, 11) is 1.57. The molecule has 2 atom stereocenters. The summed E-state index contributed by atoms with van der Waals surface area (Å²) < 4.78 is 17.7. The number of carboxylic acids is 1. The molecule has 13 nitrogen and oxygen atoms in total. The molecule has 4 heterocycles. The van der Waals surface area contributed by atoms with E-state index < -0.39 is 30.8 Å². The van der Waals surface area contributed by atoms with Crippen LogP contribution in [0, 0.1) is 0 Å². The molecular formula is C30H33N5O8. The lowest BCUT2D eigenvalue weighted by Crippen LogP contribution is -2.36. The fourth-order valence-electron chi connectivity index (χ4n) is 6.20. The van der Waals surface area contributed by atoms with Gasteiger partial charge in [-0.3, -0.25) is 4.79 Å². The quantitative estimate of drug-likeness (QED) is 0.139. The van der Waals surface area contributed by atoms with Crippen molar-refractivity contribution in [2.75, 3.05) is 13.7 Å². The Labute approximate surface area is 246 Å². The van der Waals surface area contributed by atoms with E-state index >= 15 is 0 Å². The molecule has 0 bridgehead atoms. The third kappa shape index (κ3) is 5.09. The molecule has 0 saturated carbocycles. The molecule has 6 N–H and O–H groups in total. The number of nitrogens with two attached hydrogens (primary N) is 2. The SMILES string of the molecule is COc1ccc2nc3c(c(CN(N)/C4=C(\N)C(OCC(=O)O)CCCCC4)c2c1)Cn1c-3cc2c(c1=O)COC(=O)C2O. The number of carboxylic acid groups (broad SMARTS) is 1. The molecule has 3 aliphatic rings. The van der Waals surface area contributed by atoms with Crippen LogP contribution in [0.5, 0.6) is 5.75 Å². The van der Waals surface area contributed by atoms with Crippen LogP contribution in [0.1, 0.15) is 60.5 Å². The molecule has 0 radical (unpaired) electrons. The van der Waals surface area contributed by atoms with E-state index in [0.29, 0.717) is 46.9 Å². The number of hydrogen-bond donors (Lipinski definition) is 4. The van der Waals surface area contributed by atoms with Gasteiger partial charge in [-0.2, -0.15) is 0 Å². The average Bonchev–Trinajstić information content (AvgIpc) is 3.35. The van der Waals surface area contributed by atoms with E-state index in [-0.39, 0.29) is 36.4 Å². The van der Waals surface area contributed by atoms with E-state index in [1.54, 1.807) is 28.8 Å². The first kappa shape index (κ1) is 28.6. The maximum absolute atomic E-state index is 13.6. The van der Waals surface area contributed by atoms with E-state index in [9.17, 15) is 19.5 Å². The van der Waals surface area contributed by atoms with Gasteiger partial charge in [0.25, 0.3) is 5.56 Å². The minimum atomic E-state index is -1.55. The molecule has 6 rings (SSSR count). The van der Waals surface area contributed by atoms with Crippen LogP contribution in [0.2, 0.25) is 0 Å². The zero-order valence-corrected chi connectivity index (χ0v) is 23.7. The van der Waals surface area contributed by atoms with Crippen LogP contribution in [0.4, 0.5) is 0 Å². The first-order valence-electron chi connectivity index (χ1n) is 14.1. The predicted molar refractivity (Wildman–Crippen MR) is 153 cm³/mol. The molecule has 43 heavy (non-hydrogen) atoms. The monoisotopic (exact) mass is 591 g/mol. The molecule has 13 heteroatoms. The number of allylic oxidation sites excluding steroid dienone is 1. The zero-order chi connectivity index (χ0) is 30.4. The van der Waals surface area contributed by atoms with Crippen LogP contribution < -0.4 is 21.9 Å². The van der Waals surface area contributed by atoms with Crippen molar-refractivity contribution in [3.8, 4) is 17.1 Å². The Morgan fingerprint density at radius 1 is 1.21 bits per heavy atom. The van der Waals surface area contributed by atoms with Crippen LogP contribution >= 0.6 is 0 Å². The molecular weight excluding hydrogens is 558 g/mol. The number of aromatic nitrogens is 2. The lowest BCUT2D eigenvalue weighted by Gasteiger charge is -2.30. The highest BCUT2D eigenvalue weighted by Gasteiger charge is 2.35. The number of nitrogens with zero attached hydrogens (tertiary/aromatic N) is 3. The van der Waals surface area contributed by atoms with Gasteiger partial charge in [-0.15, -0.1) is 0 Å². The van der Waals surface area contributed by atoms with Crippen LogP contribution in [-0.2, 0) is 38.8 Å². The molecule has 2 aliphatic heterocycles. The van der Waals surface area contributed by atoms with Gasteiger partial charge in [0.1, 0.15) is 19.0 Å². The maximum atomic E-state index is 13.6. The van der Waals surface area contributed by atoms with Crippen molar-refractivity contribution >= 4 is 22.8 Å². The van der Waals surface area contributed by atoms with Gasteiger partial charge in [0.15, 0.2) is 6.10 Å². The largest absolute Gasteiger partial charge is 0.497 e. The van der Waals surface area contributed by atoms with Crippen molar-refractivity contribution in [3.05, 3.63) is 68.3 Å². The maximum Gasteiger partial charge on any atom is 0.340 e. The van der Waals surface area contributed by atoms with Crippen molar-refractivity contribution in [2.45, 2.75) is 64.0 Å². The lowest BCUT2D eigenvalue weighted by molar-refractivity contribution is -0.157. The summed E-state index contributed by atoms with van der Waals surface area (Å²) in [6, 6.07) is 7.12. The van der Waals surface area contributed by atoms with E-state index in [4.69, 9.17) is 35.9 Å². The topological polar surface area (TPSA) is 192 Å². The zero-order valence-electron chi connectivity index (χ0n) is 23.7. The number of carbonyl (C=O) groups excluding carboxylic acids is 1. The van der Waals surface area contributed by atoms with Crippen molar-refractivity contribution in [2.24, 2.45) is 11.6 Å². The van der Waals surface area contributed by atoms with Gasteiger partial charge in [0.05, 0.1) is 60.2 Å². The number of methoxy groups -OCH3 is 1. The minimum absolute atomic E-state index is 0.197. The summed E-state index contributed by atoms with van der Waals surface area (Å²) in [6.45, 7) is -0.283. The number of esters is 1. The first-order chi connectivity index (χ1) is 20.7. The second-order valence-electron chi connectivity index (χ2n) is 11.0. The number of hydrogen-bond acceptors (Lipinski definition) is 11. The Hall–Kier alpha value is -4.46. The summed E-state index contributed by atoms with van der Waals surface area (Å²) in [6.07, 6.45) is 1.67. The smallest absolute Gasteiger partial charge is 0.340 e. The Morgan fingerprint density at radius 2 is 2.02 bits per heavy atom. The Bertz CT molecular complexity index is 1730.